The molecule has 1 aliphatic heterocycles. The molecule has 1 aliphatic carbocycles. The highest BCUT2D eigenvalue weighted by Gasteiger charge is 2.29. The molecule has 0 bridgehead atoms. The molecular weight excluding hydrogens is 188 g/mol. The van der Waals surface area contributed by atoms with Gasteiger partial charge in [-0.25, -0.2) is 0 Å². The van der Waals surface area contributed by atoms with Gasteiger partial charge in [0.1, 0.15) is 0 Å². The summed E-state index contributed by atoms with van der Waals surface area (Å²) in [6.45, 7) is 5.60. The van der Waals surface area contributed by atoms with Gasteiger partial charge in [-0.05, 0) is 19.3 Å². The summed E-state index contributed by atoms with van der Waals surface area (Å²) in [6.07, 6.45) is 6.79. The van der Waals surface area contributed by atoms with Crippen molar-refractivity contribution in [3.63, 3.8) is 0 Å². The van der Waals surface area contributed by atoms with Gasteiger partial charge in [0.15, 0.2) is 0 Å². The minimum absolute atomic E-state index is 0.330. The number of aliphatic hydroxyl groups is 1. The molecule has 1 heterocycles. The number of rotatable bonds is 3. The van der Waals surface area contributed by atoms with Crippen molar-refractivity contribution < 1.29 is 5.11 Å². The number of nitrogens with one attached hydrogen (secondary N) is 1. The van der Waals surface area contributed by atoms with E-state index in [-0.39, 0.29) is 5.60 Å². The van der Waals surface area contributed by atoms with E-state index in [0.717, 1.165) is 52.0 Å². The van der Waals surface area contributed by atoms with Crippen LogP contribution in [0.3, 0.4) is 0 Å². The molecule has 2 rings (SSSR count). The van der Waals surface area contributed by atoms with Gasteiger partial charge in [-0.15, -0.1) is 0 Å². The number of hydrogen-bond donors (Lipinski definition) is 2. The van der Waals surface area contributed by atoms with E-state index in [4.69, 9.17) is 0 Å². The maximum Gasteiger partial charge on any atom is 0.0660 e. The molecule has 0 unspecified atom stereocenters. The highest BCUT2D eigenvalue weighted by molar-refractivity contribution is 4.83. The van der Waals surface area contributed by atoms with Crippen molar-refractivity contribution >= 4 is 0 Å². The van der Waals surface area contributed by atoms with Crippen molar-refractivity contribution in [2.45, 2.75) is 44.1 Å². The molecule has 0 radical (unpaired) electrons. The van der Waals surface area contributed by atoms with Crippen LogP contribution in [0.1, 0.15) is 38.5 Å². The first kappa shape index (κ1) is 11.4. The van der Waals surface area contributed by atoms with E-state index in [0.29, 0.717) is 0 Å². The van der Waals surface area contributed by atoms with Crippen LogP contribution in [0.25, 0.3) is 0 Å². The van der Waals surface area contributed by atoms with Crippen LogP contribution >= 0.6 is 0 Å². The fraction of sp³-hybridized carbons (Fsp3) is 1.00. The molecule has 0 spiro atoms. The predicted molar refractivity (Wildman–Crippen MR) is 62.0 cm³/mol. The Morgan fingerprint density at radius 1 is 1.07 bits per heavy atom. The number of piperazine rings is 1. The van der Waals surface area contributed by atoms with E-state index in [1.807, 2.05) is 0 Å². The summed E-state index contributed by atoms with van der Waals surface area (Å²) in [4.78, 5) is 2.48. The first-order valence-electron chi connectivity index (χ1n) is 6.44. The lowest BCUT2D eigenvalue weighted by atomic mass is 9.82. The fourth-order valence-electron chi connectivity index (χ4n) is 2.76. The minimum Gasteiger partial charge on any atom is -0.390 e. The highest BCUT2D eigenvalue weighted by Crippen LogP contribution is 2.30. The Bertz CT molecular complexity index is 184. The highest BCUT2D eigenvalue weighted by atomic mass is 16.3. The van der Waals surface area contributed by atoms with Crippen LogP contribution in [-0.4, -0.2) is 48.3 Å². The summed E-state index contributed by atoms with van der Waals surface area (Å²) in [7, 11) is 0. The Hall–Kier alpha value is -0.120. The summed E-state index contributed by atoms with van der Waals surface area (Å²) in [6, 6.07) is 0. The zero-order valence-electron chi connectivity index (χ0n) is 9.67. The molecule has 0 aromatic heterocycles. The number of nitrogens with zero attached hydrogens (tertiary/aromatic N) is 1. The Labute approximate surface area is 92.8 Å². The van der Waals surface area contributed by atoms with E-state index in [9.17, 15) is 5.11 Å². The molecular formula is C12H24N2O. The first-order chi connectivity index (χ1) is 7.29. The van der Waals surface area contributed by atoms with E-state index in [2.05, 4.69) is 10.2 Å². The van der Waals surface area contributed by atoms with Crippen molar-refractivity contribution in [3.05, 3.63) is 0 Å². The molecule has 2 fully saturated rings. The van der Waals surface area contributed by atoms with Crippen molar-refractivity contribution in [1.82, 2.24) is 10.2 Å². The average molecular weight is 212 g/mol. The Morgan fingerprint density at radius 2 is 1.73 bits per heavy atom. The smallest absolute Gasteiger partial charge is 0.0660 e. The van der Waals surface area contributed by atoms with Gasteiger partial charge in [0.2, 0.25) is 0 Å². The molecule has 2 aliphatic rings. The van der Waals surface area contributed by atoms with Crippen molar-refractivity contribution in [3.8, 4) is 0 Å². The van der Waals surface area contributed by atoms with Crippen LogP contribution in [0.5, 0.6) is 0 Å². The van der Waals surface area contributed by atoms with Crippen molar-refractivity contribution in [1.29, 1.82) is 0 Å². The molecule has 2 N–H and O–H groups in total. The Kier molecular flexibility index (Phi) is 4.00. The third-order valence-corrected chi connectivity index (χ3v) is 3.89. The monoisotopic (exact) mass is 212 g/mol. The summed E-state index contributed by atoms with van der Waals surface area (Å²) < 4.78 is 0. The first-order valence-corrected chi connectivity index (χ1v) is 6.44. The van der Waals surface area contributed by atoms with Crippen LogP contribution in [0, 0.1) is 0 Å². The van der Waals surface area contributed by atoms with Crippen LogP contribution in [-0.2, 0) is 0 Å². The maximum atomic E-state index is 10.4. The normalized spacial score (nSPS) is 27.8. The van der Waals surface area contributed by atoms with Gasteiger partial charge in [-0.3, -0.25) is 0 Å². The second-order valence-corrected chi connectivity index (χ2v) is 5.13. The summed E-state index contributed by atoms with van der Waals surface area (Å²) in [5.74, 6) is 0. The van der Waals surface area contributed by atoms with Gasteiger partial charge in [-0.1, -0.05) is 19.3 Å². The van der Waals surface area contributed by atoms with Gasteiger partial charge in [0.05, 0.1) is 5.60 Å². The van der Waals surface area contributed by atoms with Gasteiger partial charge >= 0.3 is 0 Å². The van der Waals surface area contributed by atoms with Gasteiger partial charge in [0, 0.05) is 32.7 Å². The van der Waals surface area contributed by atoms with Gasteiger partial charge < -0.3 is 15.3 Å². The third-order valence-electron chi connectivity index (χ3n) is 3.89. The summed E-state index contributed by atoms with van der Waals surface area (Å²) >= 11 is 0. The van der Waals surface area contributed by atoms with E-state index in [1.165, 1.54) is 19.3 Å². The molecule has 0 aromatic carbocycles. The molecule has 0 atom stereocenters. The second-order valence-electron chi connectivity index (χ2n) is 5.13. The van der Waals surface area contributed by atoms with E-state index in [1.54, 1.807) is 0 Å². The largest absolute Gasteiger partial charge is 0.390 e. The number of hydrogen-bond acceptors (Lipinski definition) is 3. The molecule has 1 saturated carbocycles. The van der Waals surface area contributed by atoms with Crippen LogP contribution in [0.15, 0.2) is 0 Å². The Balaban J connectivity index is 1.70. The van der Waals surface area contributed by atoms with Gasteiger partial charge in [0.25, 0.3) is 0 Å². The molecule has 3 heteroatoms. The molecule has 15 heavy (non-hydrogen) atoms. The molecule has 1 saturated heterocycles. The lowest BCUT2D eigenvalue weighted by Crippen LogP contribution is -2.45. The van der Waals surface area contributed by atoms with Crippen molar-refractivity contribution in [2.24, 2.45) is 0 Å². The average Bonchev–Trinajstić information content (AvgIpc) is 2.29. The molecule has 0 amide bonds. The third kappa shape index (κ3) is 3.44. The second kappa shape index (κ2) is 5.28. The Morgan fingerprint density at radius 3 is 2.40 bits per heavy atom. The lowest BCUT2D eigenvalue weighted by Gasteiger charge is -2.35. The molecule has 3 nitrogen and oxygen atoms in total. The lowest BCUT2D eigenvalue weighted by molar-refractivity contribution is -0.0122. The molecule has 88 valence electrons. The van der Waals surface area contributed by atoms with Crippen LogP contribution < -0.4 is 5.32 Å². The quantitative estimate of drug-likeness (QED) is 0.732. The van der Waals surface area contributed by atoms with Gasteiger partial charge in [-0.2, -0.15) is 0 Å². The van der Waals surface area contributed by atoms with Crippen molar-refractivity contribution in [2.75, 3.05) is 32.7 Å². The zero-order chi connectivity index (χ0) is 10.6. The topological polar surface area (TPSA) is 35.5 Å². The SMILES string of the molecule is OC1(CCN2CCNCC2)CCCCC1. The molecule has 0 aromatic rings. The minimum atomic E-state index is -0.330. The van der Waals surface area contributed by atoms with E-state index >= 15 is 0 Å². The fourth-order valence-corrected chi connectivity index (χ4v) is 2.76. The standard InChI is InChI=1S/C12H24N2O/c15-12(4-2-1-3-5-12)6-9-14-10-7-13-8-11-14/h13,15H,1-11H2. The zero-order valence-corrected chi connectivity index (χ0v) is 9.67. The van der Waals surface area contributed by atoms with E-state index < -0.39 is 0 Å². The van der Waals surface area contributed by atoms with Crippen LogP contribution in [0.4, 0.5) is 0 Å². The predicted octanol–water partition coefficient (Wildman–Crippen LogP) is 0.977. The van der Waals surface area contributed by atoms with Crippen LogP contribution in [0.2, 0.25) is 0 Å². The maximum absolute atomic E-state index is 10.4. The summed E-state index contributed by atoms with van der Waals surface area (Å²) in [5.41, 5.74) is -0.330. The summed E-state index contributed by atoms with van der Waals surface area (Å²) in [5, 5.41) is 13.7.